The molecule has 0 aliphatic rings. The highest BCUT2D eigenvalue weighted by Crippen LogP contribution is 2.19. The first-order valence-electron chi connectivity index (χ1n) is 10.8. The van der Waals surface area contributed by atoms with E-state index in [1.54, 1.807) is 12.1 Å². The van der Waals surface area contributed by atoms with E-state index in [-0.39, 0.29) is 35.7 Å². The van der Waals surface area contributed by atoms with Crippen LogP contribution in [0.1, 0.15) is 41.8 Å². The summed E-state index contributed by atoms with van der Waals surface area (Å²) >= 11 is 0. The number of rotatable bonds is 9. The Kier molecular flexibility index (Phi) is 10.5. The number of amides is 1. The number of fused-ring (bicyclic) bond motifs is 1. The summed E-state index contributed by atoms with van der Waals surface area (Å²) in [5.74, 6) is 0.407. The van der Waals surface area contributed by atoms with Crippen molar-refractivity contribution in [3.8, 4) is 0 Å². The fraction of sp³-hybridized carbons (Fsp3) is 0.333. The molecule has 0 radical (unpaired) electrons. The summed E-state index contributed by atoms with van der Waals surface area (Å²) in [6, 6.07) is 12.3. The number of hydrogen-bond acceptors (Lipinski definition) is 2. The SMILES string of the molecule is CCCNC(=O)c1cccc(CN=C(NCC)NCCc2c[nH]c3ccc(F)cc23)c1.I. The van der Waals surface area contributed by atoms with E-state index in [0.29, 0.717) is 31.2 Å². The molecule has 0 atom stereocenters. The summed E-state index contributed by atoms with van der Waals surface area (Å²) in [6.07, 6.45) is 3.56. The van der Waals surface area contributed by atoms with Gasteiger partial charge in [0.1, 0.15) is 5.82 Å². The van der Waals surface area contributed by atoms with Crippen molar-refractivity contribution >= 4 is 46.7 Å². The van der Waals surface area contributed by atoms with Crippen LogP contribution in [0.3, 0.4) is 0 Å². The molecule has 0 aliphatic heterocycles. The van der Waals surface area contributed by atoms with E-state index in [2.05, 4.69) is 25.9 Å². The zero-order chi connectivity index (χ0) is 22.1. The monoisotopic (exact) mass is 551 g/mol. The van der Waals surface area contributed by atoms with Crippen LogP contribution < -0.4 is 16.0 Å². The molecule has 172 valence electrons. The first-order chi connectivity index (χ1) is 15.1. The topological polar surface area (TPSA) is 81.3 Å². The quantitative estimate of drug-likeness (QED) is 0.181. The summed E-state index contributed by atoms with van der Waals surface area (Å²) in [7, 11) is 0. The Hall–Kier alpha value is -2.62. The third kappa shape index (κ3) is 7.22. The highest BCUT2D eigenvalue weighted by Gasteiger charge is 2.07. The number of halogens is 2. The largest absolute Gasteiger partial charge is 0.361 e. The predicted molar refractivity (Wildman–Crippen MR) is 139 cm³/mol. The fourth-order valence-electron chi connectivity index (χ4n) is 3.34. The fourth-order valence-corrected chi connectivity index (χ4v) is 3.34. The van der Waals surface area contributed by atoms with Crippen LogP contribution in [0.25, 0.3) is 10.9 Å². The second kappa shape index (κ2) is 13.0. The van der Waals surface area contributed by atoms with Crippen molar-refractivity contribution in [3.05, 3.63) is 71.2 Å². The summed E-state index contributed by atoms with van der Waals surface area (Å²) in [6.45, 7) is 6.56. The number of aromatic nitrogens is 1. The van der Waals surface area contributed by atoms with E-state index in [1.165, 1.54) is 6.07 Å². The number of benzene rings is 2. The van der Waals surface area contributed by atoms with E-state index in [9.17, 15) is 9.18 Å². The van der Waals surface area contributed by atoms with Crippen molar-refractivity contribution in [2.45, 2.75) is 33.2 Å². The van der Waals surface area contributed by atoms with Gasteiger partial charge in [0.05, 0.1) is 6.54 Å². The van der Waals surface area contributed by atoms with Crippen LogP contribution in [0.5, 0.6) is 0 Å². The lowest BCUT2D eigenvalue weighted by atomic mass is 10.1. The Morgan fingerprint density at radius 1 is 1.06 bits per heavy atom. The summed E-state index contributed by atoms with van der Waals surface area (Å²) < 4.78 is 13.6. The Morgan fingerprint density at radius 2 is 1.91 bits per heavy atom. The molecule has 0 bridgehead atoms. The maximum Gasteiger partial charge on any atom is 0.251 e. The Labute approximate surface area is 205 Å². The maximum atomic E-state index is 13.6. The Bertz CT molecular complexity index is 1050. The lowest BCUT2D eigenvalue weighted by Crippen LogP contribution is -2.38. The van der Waals surface area contributed by atoms with Crippen LogP contribution in [-0.4, -0.2) is 36.5 Å². The number of nitrogens with one attached hydrogen (secondary N) is 4. The van der Waals surface area contributed by atoms with Crippen LogP contribution in [0.4, 0.5) is 4.39 Å². The van der Waals surface area contributed by atoms with E-state index >= 15 is 0 Å². The molecule has 0 saturated carbocycles. The van der Waals surface area contributed by atoms with Crippen molar-refractivity contribution in [3.63, 3.8) is 0 Å². The molecule has 2 aromatic carbocycles. The average Bonchev–Trinajstić information content (AvgIpc) is 3.18. The first kappa shape index (κ1) is 25.6. The molecule has 1 aromatic heterocycles. The third-order valence-electron chi connectivity index (χ3n) is 4.90. The van der Waals surface area contributed by atoms with Gasteiger partial charge in [-0.3, -0.25) is 4.79 Å². The lowest BCUT2D eigenvalue weighted by molar-refractivity contribution is 0.0953. The highest BCUT2D eigenvalue weighted by molar-refractivity contribution is 14.0. The lowest BCUT2D eigenvalue weighted by Gasteiger charge is -2.11. The van der Waals surface area contributed by atoms with Crippen molar-refractivity contribution in [2.75, 3.05) is 19.6 Å². The van der Waals surface area contributed by atoms with Gasteiger partial charge >= 0.3 is 0 Å². The van der Waals surface area contributed by atoms with E-state index in [0.717, 1.165) is 41.4 Å². The van der Waals surface area contributed by atoms with Gasteiger partial charge in [0, 0.05) is 42.3 Å². The Balaban J connectivity index is 0.00000363. The van der Waals surface area contributed by atoms with Gasteiger partial charge in [0.25, 0.3) is 5.91 Å². The molecule has 1 amide bonds. The minimum atomic E-state index is -0.234. The maximum absolute atomic E-state index is 13.6. The second-order valence-electron chi connectivity index (χ2n) is 7.33. The highest BCUT2D eigenvalue weighted by atomic mass is 127. The summed E-state index contributed by atoms with van der Waals surface area (Å²) in [4.78, 5) is 20.0. The number of carbonyl (C=O) groups is 1. The average molecular weight is 551 g/mol. The number of nitrogens with zero attached hydrogens (tertiary/aromatic N) is 1. The molecule has 6 nitrogen and oxygen atoms in total. The minimum Gasteiger partial charge on any atom is -0.361 e. The van der Waals surface area contributed by atoms with Crippen molar-refractivity contribution in [1.82, 2.24) is 20.9 Å². The molecule has 0 fully saturated rings. The Morgan fingerprint density at radius 3 is 2.69 bits per heavy atom. The van der Waals surface area contributed by atoms with Crippen LogP contribution in [0.15, 0.2) is 53.7 Å². The summed E-state index contributed by atoms with van der Waals surface area (Å²) in [5.41, 5.74) is 3.60. The van der Waals surface area contributed by atoms with Gasteiger partial charge in [0.15, 0.2) is 5.96 Å². The number of aliphatic imine (C=N–C) groups is 1. The molecule has 32 heavy (non-hydrogen) atoms. The predicted octanol–water partition coefficient (Wildman–Crippen LogP) is 4.36. The molecule has 1 heterocycles. The molecule has 0 unspecified atom stereocenters. The van der Waals surface area contributed by atoms with Gasteiger partial charge in [-0.15, -0.1) is 24.0 Å². The standard InChI is InChI=1S/C24H30FN5O.HI/c1-3-11-27-23(31)18-7-5-6-17(13-18)15-30-24(26-4-2)28-12-10-19-16-29-22-9-8-20(25)14-21(19)22;/h5-9,13-14,16,29H,3-4,10-12,15H2,1-2H3,(H,27,31)(H2,26,28,30);1H. The van der Waals surface area contributed by atoms with Crippen molar-refractivity contribution in [2.24, 2.45) is 4.99 Å². The van der Waals surface area contributed by atoms with E-state index in [4.69, 9.17) is 0 Å². The number of H-pyrrole nitrogens is 1. The van der Waals surface area contributed by atoms with Crippen molar-refractivity contribution < 1.29 is 9.18 Å². The van der Waals surface area contributed by atoms with Crippen molar-refractivity contribution in [1.29, 1.82) is 0 Å². The van der Waals surface area contributed by atoms with Crippen LogP contribution >= 0.6 is 24.0 Å². The van der Waals surface area contributed by atoms with Gasteiger partial charge in [-0.2, -0.15) is 0 Å². The molecular weight excluding hydrogens is 520 g/mol. The van der Waals surface area contributed by atoms with E-state index in [1.807, 2.05) is 44.3 Å². The molecule has 0 spiro atoms. The smallest absolute Gasteiger partial charge is 0.251 e. The van der Waals surface area contributed by atoms with E-state index < -0.39 is 0 Å². The van der Waals surface area contributed by atoms with Gasteiger partial charge in [0.2, 0.25) is 0 Å². The van der Waals surface area contributed by atoms with Crippen LogP contribution in [-0.2, 0) is 13.0 Å². The normalized spacial score (nSPS) is 11.2. The molecule has 0 saturated heterocycles. The molecule has 4 N–H and O–H groups in total. The zero-order valence-corrected chi connectivity index (χ0v) is 20.8. The molecular formula is C24H31FIN5O. The number of aromatic amines is 1. The van der Waals surface area contributed by atoms with Gasteiger partial charge in [-0.05, 0) is 61.2 Å². The van der Waals surface area contributed by atoms with Gasteiger partial charge < -0.3 is 20.9 Å². The number of carbonyl (C=O) groups excluding carboxylic acids is 1. The number of guanidine groups is 1. The molecule has 3 aromatic rings. The molecule has 3 rings (SSSR count). The molecule has 0 aliphatic carbocycles. The van der Waals surface area contributed by atoms with Gasteiger partial charge in [-0.25, -0.2) is 9.38 Å². The first-order valence-corrected chi connectivity index (χ1v) is 10.8. The zero-order valence-electron chi connectivity index (χ0n) is 18.5. The van der Waals surface area contributed by atoms with Crippen LogP contribution in [0, 0.1) is 5.82 Å². The summed E-state index contributed by atoms with van der Waals surface area (Å²) in [5, 5.41) is 10.4. The number of hydrogen-bond donors (Lipinski definition) is 4. The minimum absolute atomic E-state index is 0. The van der Waals surface area contributed by atoms with Crippen LogP contribution in [0.2, 0.25) is 0 Å². The second-order valence-corrected chi connectivity index (χ2v) is 7.33. The van der Waals surface area contributed by atoms with Gasteiger partial charge in [-0.1, -0.05) is 19.1 Å². The third-order valence-corrected chi connectivity index (χ3v) is 4.90. The molecule has 8 heteroatoms.